The fourth-order valence-electron chi connectivity index (χ4n) is 2.50. The number of hydrogen-bond acceptors (Lipinski definition) is 2. The van der Waals surface area contributed by atoms with Crippen LogP contribution in [0.25, 0.3) is 0 Å². The fraction of sp³-hybridized carbons (Fsp3) is 0.467. The van der Waals surface area contributed by atoms with Gasteiger partial charge in [0.1, 0.15) is 4.99 Å². The van der Waals surface area contributed by atoms with Crippen molar-refractivity contribution in [3.63, 3.8) is 0 Å². The Labute approximate surface area is 125 Å². The molecule has 5 heteroatoms. The second-order valence-electron chi connectivity index (χ2n) is 5.33. The van der Waals surface area contributed by atoms with Gasteiger partial charge in [-0.1, -0.05) is 43.6 Å². The smallest absolute Gasteiger partial charge is 0.319 e. The highest BCUT2D eigenvalue weighted by Crippen LogP contribution is 2.19. The van der Waals surface area contributed by atoms with E-state index >= 15 is 0 Å². The normalized spacial score (nSPS) is 15.7. The monoisotopic (exact) mass is 291 g/mol. The topological polar surface area (TPSA) is 67.1 Å². The first kappa shape index (κ1) is 14.8. The second kappa shape index (κ2) is 6.70. The Morgan fingerprint density at radius 3 is 2.65 bits per heavy atom. The summed E-state index contributed by atoms with van der Waals surface area (Å²) in [5, 5.41) is 5.92. The molecule has 0 heterocycles. The van der Waals surface area contributed by atoms with Crippen molar-refractivity contribution >= 4 is 28.9 Å². The third-order valence-electron chi connectivity index (χ3n) is 3.71. The van der Waals surface area contributed by atoms with Crippen molar-refractivity contribution in [2.24, 2.45) is 5.73 Å². The molecule has 0 atom stereocenters. The minimum atomic E-state index is -0.153. The van der Waals surface area contributed by atoms with Gasteiger partial charge in [-0.2, -0.15) is 0 Å². The molecule has 0 radical (unpaired) electrons. The first-order valence-electron chi connectivity index (χ1n) is 7.04. The molecule has 108 valence electrons. The van der Waals surface area contributed by atoms with Crippen LogP contribution in [0.5, 0.6) is 0 Å². The molecule has 0 aromatic heterocycles. The number of carbonyl (C=O) groups excluding carboxylic acids is 1. The Hall–Kier alpha value is -1.62. The number of rotatable bonds is 3. The summed E-state index contributed by atoms with van der Waals surface area (Å²) < 4.78 is 0. The van der Waals surface area contributed by atoms with E-state index in [0.29, 0.717) is 11.0 Å². The molecule has 0 saturated heterocycles. The Morgan fingerprint density at radius 1 is 1.30 bits per heavy atom. The number of urea groups is 1. The summed E-state index contributed by atoms with van der Waals surface area (Å²) in [6.07, 6.45) is 5.80. The molecule has 2 rings (SSSR count). The maximum absolute atomic E-state index is 12.0. The van der Waals surface area contributed by atoms with Crippen LogP contribution in [-0.2, 0) is 0 Å². The van der Waals surface area contributed by atoms with Gasteiger partial charge in [0.15, 0.2) is 0 Å². The summed E-state index contributed by atoms with van der Waals surface area (Å²) in [6, 6.07) is 5.73. The molecule has 1 aromatic carbocycles. The summed E-state index contributed by atoms with van der Waals surface area (Å²) in [4.78, 5) is 12.4. The summed E-state index contributed by atoms with van der Waals surface area (Å²) in [5.41, 5.74) is 8.12. The highest BCUT2D eigenvalue weighted by atomic mass is 32.1. The van der Waals surface area contributed by atoms with Crippen LogP contribution in [0, 0.1) is 6.92 Å². The van der Waals surface area contributed by atoms with Crippen molar-refractivity contribution in [2.45, 2.75) is 45.1 Å². The SMILES string of the molecule is Cc1ccc(C(N)=S)cc1NC(=O)NC1CCCCC1. The number of amides is 2. The molecule has 20 heavy (non-hydrogen) atoms. The molecule has 0 aliphatic heterocycles. The Morgan fingerprint density at radius 2 is 2.00 bits per heavy atom. The zero-order valence-electron chi connectivity index (χ0n) is 11.7. The van der Waals surface area contributed by atoms with Crippen molar-refractivity contribution < 1.29 is 4.79 Å². The van der Waals surface area contributed by atoms with Crippen molar-refractivity contribution in [3.8, 4) is 0 Å². The maximum atomic E-state index is 12.0. The van der Waals surface area contributed by atoms with E-state index in [9.17, 15) is 4.79 Å². The largest absolute Gasteiger partial charge is 0.389 e. The molecule has 1 aromatic rings. The number of aryl methyl sites for hydroxylation is 1. The van der Waals surface area contributed by atoms with Gasteiger partial charge in [-0.15, -0.1) is 0 Å². The molecule has 1 saturated carbocycles. The number of thiocarbonyl (C=S) groups is 1. The lowest BCUT2D eigenvalue weighted by Gasteiger charge is -2.23. The molecule has 0 bridgehead atoms. The van der Waals surface area contributed by atoms with Crippen LogP contribution in [0.4, 0.5) is 10.5 Å². The van der Waals surface area contributed by atoms with Gasteiger partial charge < -0.3 is 16.4 Å². The van der Waals surface area contributed by atoms with Crippen molar-refractivity contribution in [1.29, 1.82) is 0 Å². The van der Waals surface area contributed by atoms with Crippen LogP contribution >= 0.6 is 12.2 Å². The van der Waals surface area contributed by atoms with E-state index in [0.717, 1.165) is 29.7 Å². The number of benzene rings is 1. The number of carbonyl (C=O) groups is 1. The van der Waals surface area contributed by atoms with E-state index in [-0.39, 0.29) is 6.03 Å². The average Bonchev–Trinajstić information content (AvgIpc) is 2.42. The van der Waals surface area contributed by atoms with E-state index in [1.807, 2.05) is 25.1 Å². The van der Waals surface area contributed by atoms with Crippen LogP contribution < -0.4 is 16.4 Å². The second-order valence-corrected chi connectivity index (χ2v) is 5.77. The summed E-state index contributed by atoms with van der Waals surface area (Å²) >= 11 is 4.96. The molecule has 0 unspecified atom stereocenters. The highest BCUT2D eigenvalue weighted by Gasteiger charge is 2.16. The molecule has 1 aliphatic rings. The molecular weight excluding hydrogens is 270 g/mol. The van der Waals surface area contributed by atoms with Gasteiger partial charge in [-0.3, -0.25) is 0 Å². The van der Waals surface area contributed by atoms with Crippen molar-refractivity contribution in [1.82, 2.24) is 5.32 Å². The highest BCUT2D eigenvalue weighted by molar-refractivity contribution is 7.80. The molecule has 4 nitrogen and oxygen atoms in total. The van der Waals surface area contributed by atoms with Crippen LogP contribution in [0.15, 0.2) is 18.2 Å². The first-order chi connectivity index (χ1) is 9.56. The van der Waals surface area contributed by atoms with Gasteiger partial charge >= 0.3 is 6.03 Å². The van der Waals surface area contributed by atoms with Gasteiger partial charge in [0.25, 0.3) is 0 Å². The van der Waals surface area contributed by atoms with E-state index in [1.54, 1.807) is 0 Å². The lowest BCUT2D eigenvalue weighted by atomic mass is 9.96. The molecule has 0 spiro atoms. The van der Waals surface area contributed by atoms with Gasteiger partial charge in [0.05, 0.1) is 0 Å². The van der Waals surface area contributed by atoms with Gasteiger partial charge in [0.2, 0.25) is 0 Å². The van der Waals surface area contributed by atoms with Gasteiger partial charge in [-0.05, 0) is 31.4 Å². The molecule has 1 fully saturated rings. The van der Waals surface area contributed by atoms with Gasteiger partial charge in [-0.25, -0.2) is 4.79 Å². The zero-order valence-corrected chi connectivity index (χ0v) is 12.6. The lowest BCUT2D eigenvalue weighted by Crippen LogP contribution is -2.39. The van der Waals surface area contributed by atoms with Crippen molar-refractivity contribution in [3.05, 3.63) is 29.3 Å². The molecule has 1 aliphatic carbocycles. The van der Waals surface area contributed by atoms with Crippen LogP contribution in [0.2, 0.25) is 0 Å². The third-order valence-corrected chi connectivity index (χ3v) is 3.95. The third kappa shape index (κ3) is 3.93. The van der Waals surface area contributed by atoms with Crippen LogP contribution in [0.1, 0.15) is 43.2 Å². The minimum Gasteiger partial charge on any atom is -0.389 e. The molecular formula is C15H21N3OS. The number of nitrogens with two attached hydrogens (primary N) is 1. The predicted molar refractivity (Wildman–Crippen MR) is 86.1 cm³/mol. The van der Waals surface area contributed by atoms with E-state index in [1.165, 1.54) is 19.3 Å². The predicted octanol–water partition coefficient (Wildman–Crippen LogP) is 3.08. The van der Waals surface area contributed by atoms with E-state index in [2.05, 4.69) is 10.6 Å². The van der Waals surface area contributed by atoms with E-state index in [4.69, 9.17) is 18.0 Å². The quantitative estimate of drug-likeness (QED) is 0.750. The first-order valence-corrected chi connectivity index (χ1v) is 7.45. The minimum absolute atomic E-state index is 0.153. The lowest BCUT2D eigenvalue weighted by molar-refractivity contribution is 0.244. The number of nitrogens with one attached hydrogen (secondary N) is 2. The number of hydrogen-bond donors (Lipinski definition) is 3. The standard InChI is InChI=1S/C15H21N3OS/c1-10-7-8-11(14(16)20)9-13(10)18-15(19)17-12-5-3-2-4-6-12/h7-9,12H,2-6H2,1H3,(H2,16,20)(H2,17,18,19). The van der Waals surface area contributed by atoms with Crippen molar-refractivity contribution in [2.75, 3.05) is 5.32 Å². The average molecular weight is 291 g/mol. The molecule has 4 N–H and O–H groups in total. The Kier molecular flexibility index (Phi) is 4.95. The Balaban J connectivity index is 1.99. The summed E-state index contributed by atoms with van der Waals surface area (Å²) in [7, 11) is 0. The van der Waals surface area contributed by atoms with E-state index < -0.39 is 0 Å². The zero-order chi connectivity index (χ0) is 14.5. The number of anilines is 1. The molecule has 2 amide bonds. The van der Waals surface area contributed by atoms with Crippen LogP contribution in [0.3, 0.4) is 0 Å². The Bertz CT molecular complexity index is 510. The van der Waals surface area contributed by atoms with Gasteiger partial charge in [0, 0.05) is 17.3 Å². The summed E-state index contributed by atoms with van der Waals surface area (Å²) in [6.45, 7) is 1.94. The fourth-order valence-corrected chi connectivity index (χ4v) is 2.63. The maximum Gasteiger partial charge on any atom is 0.319 e. The van der Waals surface area contributed by atoms with Crippen LogP contribution in [-0.4, -0.2) is 17.1 Å². The summed E-state index contributed by atoms with van der Waals surface area (Å²) in [5.74, 6) is 0.